The summed E-state index contributed by atoms with van der Waals surface area (Å²) in [6, 6.07) is 6.44. The summed E-state index contributed by atoms with van der Waals surface area (Å²) in [6.45, 7) is 4.47. The normalized spacial score (nSPS) is 10.2. The summed E-state index contributed by atoms with van der Waals surface area (Å²) < 4.78 is 0. The van der Waals surface area contributed by atoms with E-state index in [2.05, 4.69) is 32.0 Å². The van der Waals surface area contributed by atoms with Gasteiger partial charge in [0.25, 0.3) is 0 Å². The van der Waals surface area contributed by atoms with Crippen molar-refractivity contribution in [2.24, 2.45) is 0 Å². The van der Waals surface area contributed by atoms with Gasteiger partial charge in [-0.3, -0.25) is 0 Å². The lowest BCUT2D eigenvalue weighted by atomic mass is 10.0. The summed E-state index contributed by atoms with van der Waals surface area (Å²) in [5, 5.41) is 8.83. The Morgan fingerprint density at radius 1 is 1.25 bits per heavy atom. The molecule has 0 heterocycles. The molecule has 0 unspecified atom stereocenters. The standard InChI is InChI=1S/C11H16O/c1-3-10-5-4-9(2)8-11(10)6-7-12/h4-5,8,12H,3,6-7H2,1-2H3. The van der Waals surface area contributed by atoms with E-state index in [9.17, 15) is 0 Å². The number of aliphatic hydroxyl groups excluding tert-OH is 1. The number of benzene rings is 1. The van der Waals surface area contributed by atoms with Crippen LogP contribution in [0.1, 0.15) is 23.6 Å². The fourth-order valence-electron chi connectivity index (χ4n) is 1.45. The van der Waals surface area contributed by atoms with Gasteiger partial charge in [0.15, 0.2) is 0 Å². The van der Waals surface area contributed by atoms with Gasteiger partial charge >= 0.3 is 0 Å². The summed E-state index contributed by atoms with van der Waals surface area (Å²) >= 11 is 0. The maximum absolute atomic E-state index is 8.83. The van der Waals surface area contributed by atoms with Gasteiger partial charge in [-0.15, -0.1) is 0 Å². The second kappa shape index (κ2) is 4.27. The number of hydrogen-bond donors (Lipinski definition) is 1. The van der Waals surface area contributed by atoms with Crippen molar-refractivity contribution < 1.29 is 5.11 Å². The number of aryl methyl sites for hydroxylation is 2. The predicted molar refractivity (Wildman–Crippen MR) is 51.3 cm³/mol. The van der Waals surface area contributed by atoms with E-state index < -0.39 is 0 Å². The molecule has 1 aromatic carbocycles. The van der Waals surface area contributed by atoms with Gasteiger partial charge in [0.2, 0.25) is 0 Å². The number of hydrogen-bond acceptors (Lipinski definition) is 1. The Labute approximate surface area is 74.1 Å². The van der Waals surface area contributed by atoms with Crippen molar-refractivity contribution >= 4 is 0 Å². The van der Waals surface area contributed by atoms with Crippen molar-refractivity contribution in [3.05, 3.63) is 34.9 Å². The third-order valence-corrected chi connectivity index (χ3v) is 2.12. The fourth-order valence-corrected chi connectivity index (χ4v) is 1.45. The third-order valence-electron chi connectivity index (χ3n) is 2.12. The van der Waals surface area contributed by atoms with Gasteiger partial charge in [-0.2, -0.15) is 0 Å². The first-order chi connectivity index (χ1) is 5.77. The molecule has 0 aromatic heterocycles. The molecule has 1 N–H and O–H groups in total. The molecule has 1 heteroatoms. The molecule has 0 aliphatic rings. The first-order valence-corrected chi connectivity index (χ1v) is 4.47. The highest BCUT2D eigenvalue weighted by molar-refractivity contribution is 5.31. The van der Waals surface area contributed by atoms with Gasteiger partial charge in [0.1, 0.15) is 0 Å². The minimum atomic E-state index is 0.246. The average molecular weight is 164 g/mol. The molecule has 12 heavy (non-hydrogen) atoms. The van der Waals surface area contributed by atoms with Crippen LogP contribution in [0, 0.1) is 6.92 Å². The van der Waals surface area contributed by atoms with E-state index in [-0.39, 0.29) is 6.61 Å². The van der Waals surface area contributed by atoms with Crippen LogP contribution in [0.5, 0.6) is 0 Å². The van der Waals surface area contributed by atoms with Crippen LogP contribution in [-0.2, 0) is 12.8 Å². The van der Waals surface area contributed by atoms with Crippen molar-refractivity contribution in [3.8, 4) is 0 Å². The van der Waals surface area contributed by atoms with Crippen molar-refractivity contribution in [1.29, 1.82) is 0 Å². The Hall–Kier alpha value is -0.820. The monoisotopic (exact) mass is 164 g/mol. The maximum atomic E-state index is 8.83. The largest absolute Gasteiger partial charge is 0.396 e. The molecule has 1 rings (SSSR count). The van der Waals surface area contributed by atoms with E-state index in [4.69, 9.17) is 5.11 Å². The highest BCUT2D eigenvalue weighted by Crippen LogP contribution is 2.12. The Morgan fingerprint density at radius 3 is 2.58 bits per heavy atom. The SMILES string of the molecule is CCc1ccc(C)cc1CCO. The van der Waals surface area contributed by atoms with Gasteiger partial charge in [-0.25, -0.2) is 0 Å². The van der Waals surface area contributed by atoms with Crippen LogP contribution in [0.3, 0.4) is 0 Å². The molecule has 0 aliphatic heterocycles. The van der Waals surface area contributed by atoms with E-state index in [1.54, 1.807) is 0 Å². The second-order valence-corrected chi connectivity index (χ2v) is 3.10. The topological polar surface area (TPSA) is 20.2 Å². The van der Waals surface area contributed by atoms with Gasteiger partial charge in [0, 0.05) is 6.61 Å². The molecule has 0 spiro atoms. The Bertz CT molecular complexity index is 253. The minimum absolute atomic E-state index is 0.246. The van der Waals surface area contributed by atoms with Crippen molar-refractivity contribution in [2.75, 3.05) is 6.61 Å². The van der Waals surface area contributed by atoms with E-state index in [0.29, 0.717) is 0 Å². The van der Waals surface area contributed by atoms with Crippen LogP contribution < -0.4 is 0 Å². The number of rotatable bonds is 3. The maximum Gasteiger partial charge on any atom is 0.0471 e. The predicted octanol–water partition coefficient (Wildman–Crippen LogP) is 2.09. The van der Waals surface area contributed by atoms with E-state index in [0.717, 1.165) is 12.8 Å². The molecule has 1 nitrogen and oxygen atoms in total. The minimum Gasteiger partial charge on any atom is -0.396 e. The van der Waals surface area contributed by atoms with E-state index in [1.807, 2.05) is 0 Å². The molecule has 1 aromatic rings. The fraction of sp³-hybridized carbons (Fsp3) is 0.455. The summed E-state index contributed by atoms with van der Waals surface area (Å²) in [4.78, 5) is 0. The Morgan fingerprint density at radius 2 is 2.00 bits per heavy atom. The summed E-state index contributed by atoms with van der Waals surface area (Å²) in [5.74, 6) is 0. The molecular formula is C11H16O. The van der Waals surface area contributed by atoms with Crippen LogP contribution in [0.4, 0.5) is 0 Å². The van der Waals surface area contributed by atoms with Gasteiger partial charge < -0.3 is 5.11 Å². The summed E-state index contributed by atoms with van der Waals surface area (Å²) in [5.41, 5.74) is 3.92. The average Bonchev–Trinajstić information content (AvgIpc) is 2.05. The molecule has 0 amide bonds. The molecule has 0 bridgehead atoms. The molecular weight excluding hydrogens is 148 g/mol. The summed E-state index contributed by atoms with van der Waals surface area (Å²) in [7, 11) is 0. The zero-order chi connectivity index (χ0) is 8.97. The second-order valence-electron chi connectivity index (χ2n) is 3.10. The highest BCUT2D eigenvalue weighted by atomic mass is 16.2. The van der Waals surface area contributed by atoms with Crippen LogP contribution in [0.2, 0.25) is 0 Å². The van der Waals surface area contributed by atoms with Crippen LogP contribution in [0.15, 0.2) is 18.2 Å². The van der Waals surface area contributed by atoms with E-state index >= 15 is 0 Å². The molecule has 66 valence electrons. The molecule has 0 radical (unpaired) electrons. The van der Waals surface area contributed by atoms with Gasteiger partial charge in [0.05, 0.1) is 0 Å². The summed E-state index contributed by atoms with van der Waals surface area (Å²) in [6.07, 6.45) is 1.83. The van der Waals surface area contributed by atoms with Crippen LogP contribution >= 0.6 is 0 Å². The first-order valence-electron chi connectivity index (χ1n) is 4.47. The molecule has 0 saturated heterocycles. The van der Waals surface area contributed by atoms with Crippen LogP contribution in [-0.4, -0.2) is 11.7 Å². The Balaban J connectivity index is 2.95. The van der Waals surface area contributed by atoms with Gasteiger partial charge in [-0.1, -0.05) is 30.7 Å². The van der Waals surface area contributed by atoms with Crippen molar-refractivity contribution in [2.45, 2.75) is 26.7 Å². The highest BCUT2D eigenvalue weighted by Gasteiger charge is 1.99. The zero-order valence-corrected chi connectivity index (χ0v) is 7.80. The zero-order valence-electron chi connectivity index (χ0n) is 7.80. The van der Waals surface area contributed by atoms with Crippen molar-refractivity contribution in [1.82, 2.24) is 0 Å². The lowest BCUT2D eigenvalue weighted by molar-refractivity contribution is 0.299. The Kier molecular flexibility index (Phi) is 3.30. The third kappa shape index (κ3) is 2.08. The van der Waals surface area contributed by atoms with Gasteiger partial charge in [-0.05, 0) is 30.9 Å². The molecule has 0 atom stereocenters. The number of aliphatic hydroxyl groups is 1. The van der Waals surface area contributed by atoms with E-state index in [1.165, 1.54) is 16.7 Å². The lowest BCUT2D eigenvalue weighted by Crippen LogP contribution is -1.96. The smallest absolute Gasteiger partial charge is 0.0471 e. The molecule has 0 fully saturated rings. The van der Waals surface area contributed by atoms with Crippen LogP contribution in [0.25, 0.3) is 0 Å². The molecule has 0 saturated carbocycles. The van der Waals surface area contributed by atoms with Crippen molar-refractivity contribution in [3.63, 3.8) is 0 Å². The quantitative estimate of drug-likeness (QED) is 0.725. The first kappa shape index (κ1) is 9.27. The lowest BCUT2D eigenvalue weighted by Gasteiger charge is -2.06. The molecule has 0 aliphatic carbocycles.